The first-order valence-corrected chi connectivity index (χ1v) is 15.2. The molecular weight excluding hydrogens is 578 g/mol. The first-order chi connectivity index (χ1) is 20.6. The van der Waals surface area contributed by atoms with Crippen LogP contribution in [0.1, 0.15) is 41.6 Å². The molecule has 5 heterocycles. The monoisotopic (exact) mass is 615 g/mol. The number of aryl methyl sites for hydroxylation is 2. The first-order valence-electron chi connectivity index (χ1n) is 14.3. The van der Waals surface area contributed by atoms with E-state index in [0.717, 1.165) is 28.8 Å². The molecule has 14 heteroatoms. The number of pyridine rings is 1. The van der Waals surface area contributed by atoms with Crippen LogP contribution in [-0.4, -0.2) is 114 Å². The van der Waals surface area contributed by atoms with Crippen molar-refractivity contribution in [3.05, 3.63) is 62.0 Å². The van der Waals surface area contributed by atoms with Crippen molar-refractivity contribution in [3.8, 4) is 0 Å². The number of nitrogens with zero attached hydrogens (tertiary/aromatic N) is 5. The second kappa shape index (κ2) is 13.2. The van der Waals surface area contributed by atoms with Gasteiger partial charge in [-0.25, -0.2) is 14.8 Å². The molecule has 5 atom stereocenters. The summed E-state index contributed by atoms with van der Waals surface area (Å²) in [7, 11) is 0. The van der Waals surface area contributed by atoms with E-state index in [0.29, 0.717) is 50.0 Å². The number of piperazine rings is 1. The number of carbonyl (C=O) groups is 1. The molecule has 0 bridgehead atoms. The Morgan fingerprint density at radius 1 is 1.12 bits per heavy atom. The average Bonchev–Trinajstić information content (AvgIpc) is 3.48. The Bertz CT molecular complexity index is 1530. The molecule has 2 aliphatic rings. The number of ether oxygens (including phenoxy) is 1. The molecule has 5 rings (SSSR count). The summed E-state index contributed by atoms with van der Waals surface area (Å²) in [6.07, 6.45) is -0.990. The average molecular weight is 616 g/mol. The van der Waals surface area contributed by atoms with Gasteiger partial charge in [0, 0.05) is 50.3 Å². The summed E-state index contributed by atoms with van der Waals surface area (Å²) < 4.78 is 7.11. The highest BCUT2D eigenvalue weighted by atomic mass is 32.1. The summed E-state index contributed by atoms with van der Waals surface area (Å²) in [6, 6.07) is 3.72. The van der Waals surface area contributed by atoms with Gasteiger partial charge in [-0.05, 0) is 36.1 Å². The number of aromatic nitrogens is 3. The van der Waals surface area contributed by atoms with E-state index in [1.807, 2.05) is 17.0 Å². The second-order valence-electron chi connectivity index (χ2n) is 11.2. The van der Waals surface area contributed by atoms with E-state index < -0.39 is 48.8 Å². The quantitative estimate of drug-likeness (QED) is 0.205. The van der Waals surface area contributed by atoms with Gasteiger partial charge in [0.1, 0.15) is 42.1 Å². The van der Waals surface area contributed by atoms with Crippen molar-refractivity contribution in [2.24, 2.45) is 0 Å². The smallest absolute Gasteiger partial charge is 0.328 e. The molecule has 0 amide bonds. The standard InChI is InChI=1S/C29H37N5O8S/c1-16(2)19-15-43-22(30-19)5-3-17-7-8-34-21(13-17)31-27(18(28(34)41)4-6-23(36)37)32-9-11-33(12-10-32)29-26(40)25(39)24(38)20(14-35)42-29/h4,6-8,13,15-16,20,24-26,29,35,38-40H,3,5,9-12,14H2,1-2H3,(H,36,37)/b6-4+/t20-,24-,25+,26-,29-/m1/s1. The van der Waals surface area contributed by atoms with Crippen LogP contribution in [0.2, 0.25) is 0 Å². The van der Waals surface area contributed by atoms with Gasteiger partial charge in [0.15, 0.2) is 0 Å². The normalized spacial score (nSPS) is 25.3. The number of aliphatic hydroxyl groups excluding tert-OH is 4. The number of anilines is 1. The Morgan fingerprint density at radius 3 is 2.51 bits per heavy atom. The van der Waals surface area contributed by atoms with Crippen LogP contribution in [0.5, 0.6) is 0 Å². The fourth-order valence-corrected chi connectivity index (χ4v) is 6.37. The van der Waals surface area contributed by atoms with Crippen molar-refractivity contribution in [3.63, 3.8) is 0 Å². The van der Waals surface area contributed by atoms with Crippen molar-refractivity contribution < 1.29 is 35.1 Å². The van der Waals surface area contributed by atoms with E-state index in [1.165, 1.54) is 10.5 Å². The number of rotatable bonds is 9. The van der Waals surface area contributed by atoms with E-state index >= 15 is 0 Å². The lowest BCUT2D eigenvalue weighted by molar-refractivity contribution is -0.265. The van der Waals surface area contributed by atoms with Crippen LogP contribution in [-0.2, 0) is 22.4 Å². The summed E-state index contributed by atoms with van der Waals surface area (Å²) >= 11 is 1.63. The van der Waals surface area contributed by atoms with Gasteiger partial charge in [-0.3, -0.25) is 14.1 Å². The van der Waals surface area contributed by atoms with E-state index in [2.05, 4.69) is 19.2 Å². The number of thiazole rings is 1. The summed E-state index contributed by atoms with van der Waals surface area (Å²) in [4.78, 5) is 38.1. The molecule has 0 unspecified atom stereocenters. The van der Waals surface area contributed by atoms with E-state index in [-0.39, 0.29) is 5.56 Å². The van der Waals surface area contributed by atoms with Crippen LogP contribution in [0, 0.1) is 0 Å². The molecule has 2 aliphatic heterocycles. The fraction of sp³-hybridized carbons (Fsp3) is 0.517. The lowest BCUT2D eigenvalue weighted by atomic mass is 9.97. The van der Waals surface area contributed by atoms with Crippen LogP contribution >= 0.6 is 11.3 Å². The minimum Gasteiger partial charge on any atom is -0.478 e. The third-order valence-corrected chi connectivity index (χ3v) is 8.86. The molecule has 3 aromatic heterocycles. The largest absolute Gasteiger partial charge is 0.478 e. The topological polar surface area (TPSA) is 181 Å². The van der Waals surface area contributed by atoms with Crippen molar-refractivity contribution in [1.29, 1.82) is 0 Å². The molecule has 0 radical (unpaired) electrons. The minimum atomic E-state index is -1.48. The SMILES string of the molecule is CC(C)c1csc(CCc2ccn3c(=O)c(/C=C/C(=O)O)c(N4CCN([C@@H]5O[C@H](CO)[C@@H](O)[C@H](O)[C@H]5O)CC4)nc3c2)n1. The van der Waals surface area contributed by atoms with E-state index in [4.69, 9.17) is 14.7 Å². The van der Waals surface area contributed by atoms with Crippen LogP contribution in [0.3, 0.4) is 0 Å². The highest BCUT2D eigenvalue weighted by molar-refractivity contribution is 7.09. The van der Waals surface area contributed by atoms with Crippen LogP contribution in [0.25, 0.3) is 11.7 Å². The molecule has 43 heavy (non-hydrogen) atoms. The zero-order valence-corrected chi connectivity index (χ0v) is 24.8. The highest BCUT2D eigenvalue weighted by Gasteiger charge is 2.46. The Hall–Kier alpha value is -3.24. The summed E-state index contributed by atoms with van der Waals surface area (Å²) in [5, 5.41) is 52.8. The Morgan fingerprint density at radius 2 is 1.86 bits per heavy atom. The van der Waals surface area contributed by atoms with Gasteiger partial charge >= 0.3 is 5.97 Å². The van der Waals surface area contributed by atoms with Gasteiger partial charge in [-0.1, -0.05) is 13.8 Å². The van der Waals surface area contributed by atoms with Crippen LogP contribution in [0.15, 0.2) is 34.6 Å². The minimum absolute atomic E-state index is 0.137. The molecule has 0 aromatic carbocycles. The van der Waals surface area contributed by atoms with Gasteiger partial charge < -0.3 is 35.2 Å². The molecule has 0 saturated carbocycles. The zero-order valence-electron chi connectivity index (χ0n) is 24.0. The van der Waals surface area contributed by atoms with Crippen molar-refractivity contribution in [1.82, 2.24) is 19.3 Å². The molecule has 2 saturated heterocycles. The summed E-state index contributed by atoms with van der Waals surface area (Å²) in [6.45, 7) is 5.10. The van der Waals surface area contributed by atoms with E-state index in [9.17, 15) is 35.1 Å². The highest BCUT2D eigenvalue weighted by Crippen LogP contribution is 2.27. The predicted octanol–water partition coefficient (Wildman–Crippen LogP) is 0.0793. The third-order valence-electron chi connectivity index (χ3n) is 7.93. The van der Waals surface area contributed by atoms with Crippen LogP contribution in [0.4, 0.5) is 5.82 Å². The van der Waals surface area contributed by atoms with Crippen molar-refractivity contribution >= 4 is 34.8 Å². The number of carboxylic acids is 1. The number of carboxylic acid groups (broad SMARTS) is 1. The van der Waals surface area contributed by atoms with Gasteiger partial charge in [-0.2, -0.15) is 0 Å². The maximum atomic E-state index is 13.6. The molecule has 5 N–H and O–H groups in total. The van der Waals surface area contributed by atoms with Gasteiger partial charge in [0.05, 0.1) is 22.9 Å². The fourth-order valence-electron chi connectivity index (χ4n) is 5.41. The summed E-state index contributed by atoms with van der Waals surface area (Å²) in [5.41, 5.74) is 2.23. The Kier molecular flexibility index (Phi) is 9.56. The maximum Gasteiger partial charge on any atom is 0.328 e. The lowest BCUT2D eigenvalue weighted by Gasteiger charge is -2.47. The van der Waals surface area contributed by atoms with Gasteiger partial charge in [-0.15, -0.1) is 11.3 Å². The number of hydrogen-bond acceptors (Lipinski definition) is 12. The van der Waals surface area contributed by atoms with Crippen molar-refractivity contribution in [2.45, 2.75) is 63.3 Å². The molecule has 3 aromatic rings. The molecule has 2 fully saturated rings. The maximum absolute atomic E-state index is 13.6. The molecule has 0 spiro atoms. The van der Waals surface area contributed by atoms with Crippen molar-refractivity contribution in [2.75, 3.05) is 37.7 Å². The zero-order chi connectivity index (χ0) is 30.8. The predicted molar refractivity (Wildman–Crippen MR) is 159 cm³/mol. The number of hydrogen-bond donors (Lipinski definition) is 5. The number of aliphatic hydroxyl groups is 4. The molecule has 232 valence electrons. The molecule has 0 aliphatic carbocycles. The van der Waals surface area contributed by atoms with Crippen LogP contribution < -0.4 is 10.5 Å². The third kappa shape index (κ3) is 6.65. The number of aliphatic carboxylic acids is 1. The van der Waals surface area contributed by atoms with Gasteiger partial charge in [0.2, 0.25) is 0 Å². The Balaban J connectivity index is 1.39. The Labute approximate surface area is 251 Å². The number of fused-ring (bicyclic) bond motifs is 1. The first kappa shape index (κ1) is 31.2. The molecule has 13 nitrogen and oxygen atoms in total. The van der Waals surface area contributed by atoms with Gasteiger partial charge in [0.25, 0.3) is 5.56 Å². The summed E-state index contributed by atoms with van der Waals surface area (Å²) in [5.74, 6) is -0.487. The molecular formula is C29H37N5O8S. The lowest BCUT2D eigenvalue weighted by Crippen LogP contribution is -2.65. The van der Waals surface area contributed by atoms with E-state index in [1.54, 1.807) is 22.4 Å². The second-order valence-corrected chi connectivity index (χ2v) is 12.1.